The Morgan fingerprint density at radius 2 is 1.68 bits per heavy atom. The normalized spacial score (nSPS) is 12.7. The molecule has 2 atom stereocenters. The molecule has 0 saturated carbocycles. The Bertz CT molecular complexity index is 1460. The second kappa shape index (κ2) is 13.7. The fourth-order valence-electron chi connectivity index (χ4n) is 5.32. The molecule has 1 amide bonds. The lowest BCUT2D eigenvalue weighted by Crippen LogP contribution is -2.41. The second-order valence-corrected chi connectivity index (χ2v) is 10.9. The number of esters is 1. The summed E-state index contributed by atoms with van der Waals surface area (Å²) < 4.78 is 36.4. The van der Waals surface area contributed by atoms with Crippen LogP contribution in [-0.4, -0.2) is 23.1 Å². The monoisotopic (exact) mass is 568 g/mol. The van der Waals surface area contributed by atoms with Gasteiger partial charge in [0.25, 0.3) is 5.56 Å². The SMILES string of the molecule is CCOC(=O)C[C@H](NC(=O)C(CC(C)C)n1cccc(CC)c1=O)c1cc(-c2c(C)cc(F)cc2C)cc(C)c1F.[HH]. The molecule has 3 aromatic rings. The quantitative estimate of drug-likeness (QED) is 0.255. The van der Waals surface area contributed by atoms with Gasteiger partial charge in [0, 0.05) is 18.8 Å². The molecule has 0 aliphatic heterocycles. The van der Waals surface area contributed by atoms with Gasteiger partial charge < -0.3 is 14.6 Å². The number of hydrogen-bond donors (Lipinski definition) is 1. The molecule has 8 heteroatoms. The lowest BCUT2D eigenvalue weighted by Gasteiger charge is -2.26. The molecule has 1 heterocycles. The maximum Gasteiger partial charge on any atom is 0.308 e. The van der Waals surface area contributed by atoms with Crippen LogP contribution in [0.2, 0.25) is 0 Å². The van der Waals surface area contributed by atoms with Crippen molar-refractivity contribution in [2.45, 2.75) is 79.8 Å². The molecule has 0 saturated heterocycles. The Hall–Kier alpha value is -3.81. The van der Waals surface area contributed by atoms with Gasteiger partial charge >= 0.3 is 5.97 Å². The standard InChI is InChI=1S/C33H40F2N2O4.H2/c1-8-23-11-10-12-37(33(23)40)28(13-19(3)4)32(39)36-27(18-29(38)41-9-2)26-17-24(14-22(7)31(26)35)30-20(5)15-25(34)16-21(30)6;/h10-12,14-17,19,27-28H,8-9,13,18H2,1-7H3,(H,36,39);1H/t27-,28?;/m0./s1. The Balaban J connectivity index is 0.00000616. The predicted octanol–water partition coefficient (Wildman–Crippen LogP) is 6.93. The van der Waals surface area contributed by atoms with Crippen LogP contribution in [0.1, 0.15) is 81.9 Å². The van der Waals surface area contributed by atoms with Gasteiger partial charge in [-0.05, 0) is 105 Å². The molecule has 1 N–H and O–H groups in total. The summed E-state index contributed by atoms with van der Waals surface area (Å²) >= 11 is 0. The highest BCUT2D eigenvalue weighted by Crippen LogP contribution is 2.34. The molecule has 1 unspecified atom stereocenters. The summed E-state index contributed by atoms with van der Waals surface area (Å²) in [6, 6.07) is 7.63. The van der Waals surface area contributed by atoms with E-state index in [1.807, 2.05) is 20.8 Å². The van der Waals surface area contributed by atoms with Crippen molar-refractivity contribution in [2.24, 2.45) is 5.92 Å². The third kappa shape index (κ3) is 7.48. The predicted molar refractivity (Wildman–Crippen MR) is 159 cm³/mol. The zero-order chi connectivity index (χ0) is 30.4. The fraction of sp³-hybridized carbons (Fsp3) is 0.424. The Morgan fingerprint density at radius 1 is 1.02 bits per heavy atom. The molecule has 0 spiro atoms. The highest BCUT2D eigenvalue weighted by molar-refractivity contribution is 5.82. The highest BCUT2D eigenvalue weighted by Gasteiger charge is 2.29. The summed E-state index contributed by atoms with van der Waals surface area (Å²) in [5, 5.41) is 2.88. The molecule has 222 valence electrons. The van der Waals surface area contributed by atoms with Gasteiger partial charge in [-0.2, -0.15) is 0 Å². The van der Waals surface area contributed by atoms with Crippen molar-refractivity contribution in [3.8, 4) is 11.1 Å². The number of nitrogens with zero attached hydrogens (tertiary/aromatic N) is 1. The fourth-order valence-corrected chi connectivity index (χ4v) is 5.32. The number of pyridine rings is 1. The minimum absolute atomic E-state index is 0. The number of ether oxygens (including phenoxy) is 1. The number of aromatic nitrogens is 1. The topological polar surface area (TPSA) is 77.4 Å². The second-order valence-electron chi connectivity index (χ2n) is 10.9. The van der Waals surface area contributed by atoms with Gasteiger partial charge in [0.15, 0.2) is 0 Å². The number of hydrogen-bond acceptors (Lipinski definition) is 4. The summed E-state index contributed by atoms with van der Waals surface area (Å²) in [7, 11) is 0. The van der Waals surface area contributed by atoms with Crippen LogP contribution in [0.5, 0.6) is 0 Å². The van der Waals surface area contributed by atoms with Crippen molar-refractivity contribution in [1.29, 1.82) is 0 Å². The van der Waals surface area contributed by atoms with Gasteiger partial charge in [0.05, 0.1) is 19.1 Å². The number of rotatable bonds is 11. The average Bonchev–Trinajstić information content (AvgIpc) is 2.88. The largest absolute Gasteiger partial charge is 0.466 e. The number of aryl methyl sites for hydroxylation is 4. The van der Waals surface area contributed by atoms with Gasteiger partial charge in [-0.15, -0.1) is 0 Å². The highest BCUT2D eigenvalue weighted by atomic mass is 19.1. The van der Waals surface area contributed by atoms with E-state index in [-0.39, 0.29) is 37.3 Å². The van der Waals surface area contributed by atoms with Gasteiger partial charge in [-0.25, -0.2) is 8.78 Å². The zero-order valence-electron chi connectivity index (χ0n) is 24.9. The molecule has 6 nitrogen and oxygen atoms in total. The average molecular weight is 569 g/mol. The molecule has 0 aliphatic rings. The molecule has 0 radical (unpaired) electrons. The van der Waals surface area contributed by atoms with Crippen molar-refractivity contribution in [3.63, 3.8) is 0 Å². The van der Waals surface area contributed by atoms with Gasteiger partial charge in [-0.3, -0.25) is 14.4 Å². The molecule has 0 bridgehead atoms. The molecule has 41 heavy (non-hydrogen) atoms. The molecular weight excluding hydrogens is 526 g/mol. The summed E-state index contributed by atoms with van der Waals surface area (Å²) in [5.41, 5.74) is 3.49. The van der Waals surface area contributed by atoms with E-state index in [1.54, 1.807) is 58.2 Å². The Labute approximate surface area is 242 Å². The van der Waals surface area contributed by atoms with Gasteiger partial charge in [0.1, 0.15) is 17.7 Å². The third-order valence-electron chi connectivity index (χ3n) is 7.20. The maximum atomic E-state index is 15.8. The first kappa shape index (κ1) is 31.7. The van der Waals surface area contributed by atoms with Crippen LogP contribution in [0.4, 0.5) is 8.78 Å². The molecule has 0 aliphatic carbocycles. The number of carbonyl (C=O) groups is 2. The van der Waals surface area contributed by atoms with E-state index >= 15 is 4.39 Å². The van der Waals surface area contributed by atoms with E-state index in [0.29, 0.717) is 40.7 Å². The van der Waals surface area contributed by atoms with E-state index in [0.717, 1.165) is 5.56 Å². The molecule has 2 aromatic carbocycles. The van der Waals surface area contributed by atoms with E-state index in [2.05, 4.69) is 5.32 Å². The van der Waals surface area contributed by atoms with Gasteiger partial charge in [0.2, 0.25) is 5.91 Å². The van der Waals surface area contributed by atoms with E-state index in [1.165, 1.54) is 16.7 Å². The van der Waals surface area contributed by atoms with Crippen LogP contribution in [0.3, 0.4) is 0 Å². The van der Waals surface area contributed by atoms with Crippen LogP contribution in [0.25, 0.3) is 11.1 Å². The Morgan fingerprint density at radius 3 is 2.27 bits per heavy atom. The van der Waals surface area contributed by atoms with Crippen LogP contribution < -0.4 is 10.9 Å². The lowest BCUT2D eigenvalue weighted by atomic mass is 9.90. The first-order valence-electron chi connectivity index (χ1n) is 14.1. The van der Waals surface area contributed by atoms with Crippen molar-refractivity contribution in [2.75, 3.05) is 6.61 Å². The third-order valence-corrected chi connectivity index (χ3v) is 7.20. The summed E-state index contributed by atoms with van der Waals surface area (Å²) in [5.74, 6) is -1.96. The van der Waals surface area contributed by atoms with Gasteiger partial charge in [-0.1, -0.05) is 26.8 Å². The number of amides is 1. The zero-order valence-corrected chi connectivity index (χ0v) is 24.9. The first-order chi connectivity index (χ1) is 19.4. The maximum absolute atomic E-state index is 15.8. The molecule has 0 fully saturated rings. The summed E-state index contributed by atoms with van der Waals surface area (Å²) in [6.45, 7) is 12.7. The minimum Gasteiger partial charge on any atom is -0.466 e. The van der Waals surface area contributed by atoms with E-state index < -0.39 is 29.8 Å². The van der Waals surface area contributed by atoms with Crippen LogP contribution >= 0.6 is 0 Å². The van der Waals surface area contributed by atoms with Crippen molar-refractivity contribution < 1.29 is 24.5 Å². The number of nitrogens with one attached hydrogen (secondary N) is 1. The molecule has 1 aromatic heterocycles. The van der Waals surface area contributed by atoms with E-state index in [9.17, 15) is 18.8 Å². The van der Waals surface area contributed by atoms with Crippen molar-refractivity contribution >= 4 is 11.9 Å². The van der Waals surface area contributed by atoms with Crippen molar-refractivity contribution in [1.82, 2.24) is 9.88 Å². The lowest BCUT2D eigenvalue weighted by molar-refractivity contribution is -0.144. The van der Waals surface area contributed by atoms with Crippen LogP contribution in [0.15, 0.2) is 47.4 Å². The number of halogens is 2. The Kier molecular flexibility index (Phi) is 10.6. The number of carbonyl (C=O) groups excluding carboxylic acids is 2. The minimum atomic E-state index is -1.07. The molecular formula is C33H42F2N2O4. The number of benzene rings is 2. The van der Waals surface area contributed by atoms with E-state index in [4.69, 9.17) is 4.74 Å². The first-order valence-corrected chi connectivity index (χ1v) is 14.1. The van der Waals surface area contributed by atoms with Crippen LogP contribution in [-0.2, 0) is 20.7 Å². The summed E-state index contributed by atoms with van der Waals surface area (Å²) in [6.07, 6.45) is 2.15. The smallest absolute Gasteiger partial charge is 0.308 e. The van der Waals surface area contributed by atoms with Crippen molar-refractivity contribution in [3.05, 3.63) is 92.4 Å². The summed E-state index contributed by atoms with van der Waals surface area (Å²) in [4.78, 5) is 39.7. The van der Waals surface area contributed by atoms with Crippen LogP contribution in [0, 0.1) is 38.3 Å². The molecule has 3 rings (SSSR count).